The van der Waals surface area contributed by atoms with E-state index in [1.165, 1.54) is 12.3 Å². The Morgan fingerprint density at radius 2 is 2.08 bits per heavy atom. The van der Waals surface area contributed by atoms with Crippen LogP contribution in [0.5, 0.6) is 5.88 Å². The van der Waals surface area contributed by atoms with Gasteiger partial charge in [0, 0.05) is 31.2 Å². The molecule has 0 aliphatic carbocycles. The molecule has 9 heteroatoms. The van der Waals surface area contributed by atoms with Gasteiger partial charge < -0.3 is 10.1 Å². The Labute approximate surface area is 135 Å². The van der Waals surface area contributed by atoms with Gasteiger partial charge in [-0.25, -0.2) is 14.5 Å². The van der Waals surface area contributed by atoms with Crippen LogP contribution in [0, 0.1) is 6.92 Å². The summed E-state index contributed by atoms with van der Waals surface area (Å²) >= 11 is 0. The first kappa shape index (κ1) is 16.0. The molecule has 0 amide bonds. The molecule has 3 rings (SSSR count). The molecule has 0 atom stereocenters. The Morgan fingerprint density at radius 1 is 1.25 bits per heavy atom. The highest BCUT2D eigenvalue weighted by atomic mass is 19.4. The summed E-state index contributed by atoms with van der Waals surface area (Å²) in [6.07, 6.45) is 0.464. The lowest BCUT2D eigenvalue weighted by Gasteiger charge is -2.09. The van der Waals surface area contributed by atoms with Gasteiger partial charge in [-0.1, -0.05) is 6.07 Å². The van der Waals surface area contributed by atoms with Crippen LogP contribution in [0.25, 0.3) is 5.52 Å². The van der Waals surface area contributed by atoms with E-state index in [9.17, 15) is 13.2 Å². The lowest BCUT2D eigenvalue weighted by Crippen LogP contribution is -2.19. The molecule has 0 fully saturated rings. The molecule has 3 aromatic heterocycles. The number of hydrogen-bond acceptors (Lipinski definition) is 5. The fourth-order valence-corrected chi connectivity index (χ4v) is 2.12. The summed E-state index contributed by atoms with van der Waals surface area (Å²) in [6, 6.07) is 4.95. The third-order valence-corrected chi connectivity index (χ3v) is 3.15. The molecule has 1 N–H and O–H groups in total. The molecule has 0 saturated carbocycles. The SMILES string of the molecule is Cc1cc2c(NCc3ccc(OCC(F)(F)F)nc3)nccn2n1. The van der Waals surface area contributed by atoms with E-state index < -0.39 is 12.8 Å². The second-order valence-corrected chi connectivity index (χ2v) is 5.15. The van der Waals surface area contributed by atoms with Gasteiger partial charge >= 0.3 is 6.18 Å². The highest BCUT2D eigenvalue weighted by Crippen LogP contribution is 2.18. The lowest BCUT2D eigenvalue weighted by atomic mass is 10.3. The summed E-state index contributed by atoms with van der Waals surface area (Å²) in [5, 5.41) is 7.46. The van der Waals surface area contributed by atoms with Gasteiger partial charge in [0.05, 0.1) is 5.69 Å². The zero-order valence-corrected chi connectivity index (χ0v) is 12.7. The Hall–Kier alpha value is -2.84. The van der Waals surface area contributed by atoms with Crippen molar-refractivity contribution in [2.75, 3.05) is 11.9 Å². The molecular weight excluding hydrogens is 323 g/mol. The maximum atomic E-state index is 12.1. The standard InChI is InChI=1S/C15H14F3N5O/c1-10-6-12-14(19-4-5-23(12)22-10)21-8-11-2-3-13(20-7-11)24-9-15(16,17)18/h2-7H,8-9H2,1H3,(H,19,21). The van der Waals surface area contributed by atoms with E-state index in [0.29, 0.717) is 12.4 Å². The van der Waals surface area contributed by atoms with Gasteiger partial charge in [-0.05, 0) is 18.6 Å². The van der Waals surface area contributed by atoms with Crippen LogP contribution in [0.1, 0.15) is 11.3 Å². The molecule has 0 aliphatic rings. The number of fused-ring (bicyclic) bond motifs is 1. The predicted molar refractivity (Wildman–Crippen MR) is 80.8 cm³/mol. The molecular formula is C15H14F3N5O. The van der Waals surface area contributed by atoms with Gasteiger partial charge in [0.25, 0.3) is 0 Å². The highest BCUT2D eigenvalue weighted by molar-refractivity contribution is 5.67. The molecule has 0 radical (unpaired) electrons. The number of aryl methyl sites for hydroxylation is 1. The Bertz CT molecular complexity index is 829. The minimum atomic E-state index is -4.38. The van der Waals surface area contributed by atoms with Crippen molar-refractivity contribution in [2.24, 2.45) is 0 Å². The van der Waals surface area contributed by atoms with E-state index in [1.807, 2.05) is 13.0 Å². The normalized spacial score (nSPS) is 11.7. The third-order valence-electron chi connectivity index (χ3n) is 3.15. The van der Waals surface area contributed by atoms with E-state index in [4.69, 9.17) is 0 Å². The third kappa shape index (κ3) is 3.92. The molecule has 0 aliphatic heterocycles. The fraction of sp³-hybridized carbons (Fsp3) is 0.267. The van der Waals surface area contributed by atoms with Gasteiger partial charge in [-0.3, -0.25) is 0 Å². The minimum Gasteiger partial charge on any atom is -0.468 e. The Balaban J connectivity index is 1.64. The summed E-state index contributed by atoms with van der Waals surface area (Å²) in [6.45, 7) is 0.952. The first-order chi connectivity index (χ1) is 11.4. The van der Waals surface area contributed by atoms with Crippen LogP contribution < -0.4 is 10.1 Å². The predicted octanol–water partition coefficient (Wildman–Crippen LogP) is 2.99. The second-order valence-electron chi connectivity index (χ2n) is 5.15. The van der Waals surface area contributed by atoms with Gasteiger partial charge in [-0.2, -0.15) is 18.3 Å². The first-order valence-corrected chi connectivity index (χ1v) is 7.10. The summed E-state index contributed by atoms with van der Waals surface area (Å²) in [7, 11) is 0. The smallest absolute Gasteiger partial charge is 0.422 e. The quantitative estimate of drug-likeness (QED) is 0.775. The number of pyridine rings is 1. The Kier molecular flexibility index (Phi) is 4.24. The molecule has 3 heterocycles. The molecule has 3 aromatic rings. The van der Waals surface area contributed by atoms with E-state index in [1.54, 1.807) is 23.0 Å². The molecule has 0 aromatic carbocycles. The van der Waals surface area contributed by atoms with Crippen molar-refractivity contribution in [1.82, 2.24) is 19.6 Å². The lowest BCUT2D eigenvalue weighted by molar-refractivity contribution is -0.154. The monoisotopic (exact) mass is 337 g/mol. The van der Waals surface area contributed by atoms with Crippen molar-refractivity contribution in [1.29, 1.82) is 0 Å². The zero-order chi connectivity index (χ0) is 17.2. The van der Waals surface area contributed by atoms with Gasteiger partial charge in [0.1, 0.15) is 5.52 Å². The molecule has 0 unspecified atom stereocenters. The van der Waals surface area contributed by atoms with Crippen molar-refractivity contribution < 1.29 is 17.9 Å². The van der Waals surface area contributed by atoms with Crippen LogP contribution in [-0.4, -0.2) is 32.4 Å². The summed E-state index contributed by atoms with van der Waals surface area (Å²) in [5.74, 6) is 0.596. The maximum absolute atomic E-state index is 12.1. The van der Waals surface area contributed by atoms with Crippen molar-refractivity contribution in [3.63, 3.8) is 0 Å². The number of halogens is 3. The van der Waals surface area contributed by atoms with Crippen LogP contribution in [0.3, 0.4) is 0 Å². The number of aromatic nitrogens is 4. The van der Waals surface area contributed by atoms with Gasteiger partial charge in [-0.15, -0.1) is 0 Å². The molecule has 0 saturated heterocycles. The van der Waals surface area contributed by atoms with E-state index in [-0.39, 0.29) is 5.88 Å². The number of hydrogen-bond donors (Lipinski definition) is 1. The van der Waals surface area contributed by atoms with Crippen molar-refractivity contribution in [3.05, 3.63) is 48.0 Å². The van der Waals surface area contributed by atoms with Crippen molar-refractivity contribution >= 4 is 11.3 Å². The van der Waals surface area contributed by atoms with Crippen molar-refractivity contribution in [2.45, 2.75) is 19.6 Å². The summed E-state index contributed by atoms with van der Waals surface area (Å²) < 4.78 is 42.5. The molecule has 126 valence electrons. The summed E-state index contributed by atoms with van der Waals surface area (Å²) in [5.41, 5.74) is 2.50. The number of anilines is 1. The van der Waals surface area contributed by atoms with Crippen molar-refractivity contribution in [3.8, 4) is 5.88 Å². The number of alkyl halides is 3. The Morgan fingerprint density at radius 3 is 2.79 bits per heavy atom. The number of nitrogens with zero attached hydrogens (tertiary/aromatic N) is 4. The number of ether oxygens (including phenoxy) is 1. The minimum absolute atomic E-state index is 0.0669. The van der Waals surface area contributed by atoms with Gasteiger partial charge in [0.2, 0.25) is 5.88 Å². The average molecular weight is 337 g/mol. The topological polar surface area (TPSA) is 64.3 Å². The molecule has 24 heavy (non-hydrogen) atoms. The second kappa shape index (κ2) is 6.34. The summed E-state index contributed by atoms with van der Waals surface area (Å²) in [4.78, 5) is 8.13. The highest BCUT2D eigenvalue weighted by Gasteiger charge is 2.28. The van der Waals surface area contributed by atoms with E-state index >= 15 is 0 Å². The van der Waals surface area contributed by atoms with E-state index in [0.717, 1.165) is 16.8 Å². The van der Waals surface area contributed by atoms with Crippen LogP contribution >= 0.6 is 0 Å². The van der Waals surface area contributed by atoms with Gasteiger partial charge in [0.15, 0.2) is 12.4 Å². The van der Waals surface area contributed by atoms with Crippen LogP contribution in [0.4, 0.5) is 19.0 Å². The largest absolute Gasteiger partial charge is 0.468 e. The molecule has 6 nitrogen and oxygen atoms in total. The van der Waals surface area contributed by atoms with Crippen LogP contribution in [0.15, 0.2) is 36.8 Å². The number of rotatable bonds is 5. The fourth-order valence-electron chi connectivity index (χ4n) is 2.12. The van der Waals surface area contributed by atoms with Crippen LogP contribution in [0.2, 0.25) is 0 Å². The average Bonchev–Trinajstić information content (AvgIpc) is 2.92. The zero-order valence-electron chi connectivity index (χ0n) is 12.7. The van der Waals surface area contributed by atoms with Crippen LogP contribution in [-0.2, 0) is 6.54 Å². The molecule has 0 spiro atoms. The molecule has 0 bridgehead atoms. The van der Waals surface area contributed by atoms with E-state index in [2.05, 4.69) is 25.1 Å². The number of nitrogens with one attached hydrogen (secondary N) is 1. The maximum Gasteiger partial charge on any atom is 0.422 e. The first-order valence-electron chi connectivity index (χ1n) is 7.10.